The van der Waals surface area contributed by atoms with Crippen LogP contribution in [0.4, 0.5) is 0 Å². The van der Waals surface area contributed by atoms with Crippen LogP contribution < -0.4 is 0 Å². The Bertz CT molecular complexity index is 401. The predicted octanol–water partition coefficient (Wildman–Crippen LogP) is 4.17. The van der Waals surface area contributed by atoms with Crippen LogP contribution in [0.25, 0.3) is 0 Å². The average Bonchev–Trinajstić information content (AvgIpc) is 2.32. The maximum Gasteiger partial charge on any atom is 0.294 e. The topological polar surface area (TPSA) is 72.8 Å². The molecule has 0 radical (unpaired) electrons. The largest absolute Gasteiger partial charge is 0.373 e. The average molecular weight is 339 g/mol. The molecule has 0 aliphatic heterocycles. The van der Waals surface area contributed by atoms with E-state index in [1.165, 1.54) is 33.1 Å². The molecule has 0 rings (SSSR count). The second kappa shape index (κ2) is 9.21. The lowest BCUT2D eigenvalue weighted by Crippen LogP contribution is -2.37. The normalized spacial score (nSPS) is 15.0. The molecule has 0 aliphatic carbocycles. The van der Waals surface area contributed by atoms with E-state index in [0.29, 0.717) is 6.42 Å². The van der Waals surface area contributed by atoms with E-state index >= 15 is 0 Å². The molecule has 0 saturated heterocycles. The Morgan fingerprint density at radius 1 is 1.09 bits per heavy atom. The molecule has 134 valence electrons. The Morgan fingerprint density at radius 3 is 2.18 bits per heavy atom. The molecule has 0 saturated carbocycles. The van der Waals surface area contributed by atoms with E-state index < -0.39 is 15.1 Å². The summed E-state index contributed by atoms with van der Waals surface area (Å²) in [6.07, 6.45) is 6.64. The van der Waals surface area contributed by atoms with E-state index in [1.807, 2.05) is 13.8 Å². The van der Waals surface area contributed by atoms with Gasteiger partial charge in [-0.1, -0.05) is 32.6 Å². The second-order valence-electron chi connectivity index (χ2n) is 7.01. The quantitative estimate of drug-likeness (QED) is 0.427. The molecule has 0 spiro atoms. The number of rotatable bonds is 12. The van der Waals surface area contributed by atoms with Crippen molar-refractivity contribution in [2.75, 3.05) is 6.61 Å². The molecule has 0 amide bonds. The van der Waals surface area contributed by atoms with Crippen molar-refractivity contribution in [3.63, 3.8) is 0 Å². The maximum absolute atomic E-state index is 11.2. The van der Waals surface area contributed by atoms with Crippen molar-refractivity contribution < 1.29 is 22.4 Å². The van der Waals surface area contributed by atoms with Gasteiger partial charge < -0.3 is 9.47 Å². The van der Waals surface area contributed by atoms with Gasteiger partial charge in [-0.05, 0) is 47.5 Å². The molecule has 0 heterocycles. The molecular formula is C16H34O5S. The van der Waals surface area contributed by atoms with Crippen molar-refractivity contribution >= 4 is 10.1 Å². The van der Waals surface area contributed by atoms with Gasteiger partial charge in [-0.2, -0.15) is 8.42 Å². The third-order valence-corrected chi connectivity index (χ3v) is 5.12. The molecular weight excluding hydrogens is 304 g/mol. The number of unbranched alkanes of at least 4 members (excludes halogenated alkanes) is 3. The zero-order chi connectivity index (χ0) is 17.4. The molecule has 1 N–H and O–H groups in total. The summed E-state index contributed by atoms with van der Waals surface area (Å²) in [5.41, 5.74) is -0.389. The highest BCUT2D eigenvalue weighted by molar-refractivity contribution is 7.87. The molecule has 0 aromatic rings. The first-order chi connectivity index (χ1) is 9.91. The molecule has 6 heteroatoms. The predicted molar refractivity (Wildman–Crippen MR) is 89.6 cm³/mol. The summed E-state index contributed by atoms with van der Waals surface area (Å²) in [5, 5.41) is 0. The summed E-state index contributed by atoms with van der Waals surface area (Å²) < 4.78 is 42.7. The van der Waals surface area contributed by atoms with Crippen LogP contribution in [0.2, 0.25) is 0 Å². The molecule has 5 nitrogen and oxygen atoms in total. The molecule has 22 heavy (non-hydrogen) atoms. The van der Waals surface area contributed by atoms with Gasteiger partial charge in [-0.15, -0.1) is 0 Å². The zero-order valence-corrected chi connectivity index (χ0v) is 15.8. The van der Waals surface area contributed by atoms with Gasteiger partial charge in [0.25, 0.3) is 10.1 Å². The molecule has 0 aromatic carbocycles. The van der Waals surface area contributed by atoms with Crippen LogP contribution in [0.1, 0.15) is 80.1 Å². The van der Waals surface area contributed by atoms with E-state index in [-0.39, 0.29) is 18.3 Å². The van der Waals surface area contributed by atoms with Crippen LogP contribution in [-0.2, 0) is 19.6 Å². The van der Waals surface area contributed by atoms with Crippen molar-refractivity contribution in [3.8, 4) is 0 Å². The van der Waals surface area contributed by atoms with Crippen LogP contribution in [-0.4, -0.2) is 36.2 Å². The van der Waals surface area contributed by atoms with Crippen molar-refractivity contribution in [2.45, 2.75) is 96.7 Å². The summed E-state index contributed by atoms with van der Waals surface area (Å²) in [6.45, 7) is 11.1. The minimum Gasteiger partial charge on any atom is -0.373 e. The van der Waals surface area contributed by atoms with E-state index in [1.54, 1.807) is 0 Å². The second-order valence-corrected chi connectivity index (χ2v) is 8.94. The molecule has 0 bridgehead atoms. The Hall–Kier alpha value is -0.170. The highest BCUT2D eigenvalue weighted by atomic mass is 32.2. The van der Waals surface area contributed by atoms with Crippen molar-refractivity contribution in [1.82, 2.24) is 0 Å². The minimum absolute atomic E-state index is 0.168. The summed E-state index contributed by atoms with van der Waals surface area (Å²) in [7, 11) is -4.22. The smallest absolute Gasteiger partial charge is 0.294 e. The Labute approximate surface area is 136 Å². The summed E-state index contributed by atoms with van der Waals surface area (Å²) in [6, 6.07) is 0. The van der Waals surface area contributed by atoms with Crippen molar-refractivity contribution in [2.24, 2.45) is 0 Å². The van der Waals surface area contributed by atoms with Gasteiger partial charge in [-0.3, -0.25) is 4.55 Å². The van der Waals surface area contributed by atoms with E-state index in [2.05, 4.69) is 13.8 Å². The third-order valence-electron chi connectivity index (χ3n) is 3.76. The van der Waals surface area contributed by atoms with Crippen LogP contribution in [0, 0.1) is 0 Å². The van der Waals surface area contributed by atoms with Gasteiger partial charge in [0.05, 0.1) is 18.3 Å². The van der Waals surface area contributed by atoms with Crippen molar-refractivity contribution in [3.05, 3.63) is 0 Å². The molecule has 0 aliphatic rings. The first kappa shape index (κ1) is 21.8. The van der Waals surface area contributed by atoms with Gasteiger partial charge in [0.1, 0.15) is 0 Å². The lowest BCUT2D eigenvalue weighted by atomic mass is 10.0. The zero-order valence-electron chi connectivity index (χ0n) is 15.0. The fourth-order valence-electron chi connectivity index (χ4n) is 2.14. The SMILES string of the molecule is CCCCCCC(C)OC(C)(C)CCOC(C)(C)S(=O)(=O)O. The first-order valence-electron chi connectivity index (χ1n) is 8.20. The van der Waals surface area contributed by atoms with E-state index in [0.717, 1.165) is 12.8 Å². The molecule has 0 fully saturated rings. The summed E-state index contributed by atoms with van der Waals surface area (Å²) in [5.74, 6) is 0. The molecule has 1 atom stereocenters. The van der Waals surface area contributed by atoms with E-state index in [9.17, 15) is 8.42 Å². The Kier molecular flexibility index (Phi) is 9.13. The number of hydrogen-bond donors (Lipinski definition) is 1. The van der Waals surface area contributed by atoms with Gasteiger partial charge in [0, 0.05) is 0 Å². The lowest BCUT2D eigenvalue weighted by Gasteiger charge is -2.31. The van der Waals surface area contributed by atoms with Crippen LogP contribution in [0.3, 0.4) is 0 Å². The first-order valence-corrected chi connectivity index (χ1v) is 9.64. The Morgan fingerprint density at radius 2 is 1.68 bits per heavy atom. The fourth-order valence-corrected chi connectivity index (χ4v) is 2.37. The lowest BCUT2D eigenvalue weighted by molar-refractivity contribution is -0.0895. The summed E-state index contributed by atoms with van der Waals surface area (Å²) in [4.78, 5) is -1.59. The van der Waals surface area contributed by atoms with Gasteiger partial charge in [-0.25, -0.2) is 0 Å². The third kappa shape index (κ3) is 9.08. The van der Waals surface area contributed by atoms with Gasteiger partial charge in [0.15, 0.2) is 4.93 Å². The Balaban J connectivity index is 4.14. The van der Waals surface area contributed by atoms with Crippen LogP contribution in [0.15, 0.2) is 0 Å². The van der Waals surface area contributed by atoms with Crippen LogP contribution >= 0.6 is 0 Å². The molecule has 1 unspecified atom stereocenters. The minimum atomic E-state index is -4.22. The number of hydrogen-bond acceptors (Lipinski definition) is 4. The van der Waals surface area contributed by atoms with Crippen LogP contribution in [0.5, 0.6) is 0 Å². The monoisotopic (exact) mass is 338 g/mol. The maximum atomic E-state index is 11.2. The highest BCUT2D eigenvalue weighted by Gasteiger charge is 2.34. The highest BCUT2D eigenvalue weighted by Crippen LogP contribution is 2.23. The van der Waals surface area contributed by atoms with Crippen molar-refractivity contribution in [1.29, 1.82) is 0 Å². The van der Waals surface area contributed by atoms with E-state index in [4.69, 9.17) is 14.0 Å². The van der Waals surface area contributed by atoms with Gasteiger partial charge >= 0.3 is 0 Å². The molecule has 0 aromatic heterocycles. The standard InChI is InChI=1S/C16H34O5S/c1-7-8-9-10-11-14(2)21-15(3,4)12-13-20-16(5,6)22(17,18)19/h14H,7-13H2,1-6H3,(H,17,18,19). The number of ether oxygens (including phenoxy) is 2. The summed E-state index contributed by atoms with van der Waals surface area (Å²) >= 11 is 0. The van der Waals surface area contributed by atoms with Gasteiger partial charge in [0.2, 0.25) is 0 Å². The fraction of sp³-hybridized carbons (Fsp3) is 1.00.